The monoisotopic (exact) mass is 322 g/mol. The predicted molar refractivity (Wildman–Crippen MR) is 85.6 cm³/mol. The number of benzene rings is 1. The van der Waals surface area contributed by atoms with Crippen LogP contribution < -0.4 is 4.90 Å². The second-order valence-electron chi connectivity index (χ2n) is 5.78. The molecule has 1 unspecified atom stereocenters. The summed E-state index contributed by atoms with van der Waals surface area (Å²) in [6, 6.07) is 5.08. The van der Waals surface area contributed by atoms with E-state index in [1.165, 1.54) is 13.2 Å². The van der Waals surface area contributed by atoms with Gasteiger partial charge in [0.25, 0.3) is 5.69 Å². The molecule has 2 rings (SSSR count). The Kier molecular flexibility index (Phi) is 5.54. The SMILES string of the molecule is CCC(CC(=O)OC)c1ccc(N2CC[C@H](O)C2)c([N+](=O)[O-])c1. The number of aliphatic hydroxyl groups excluding tert-OH is 1. The van der Waals surface area contributed by atoms with E-state index in [2.05, 4.69) is 4.74 Å². The van der Waals surface area contributed by atoms with Gasteiger partial charge >= 0.3 is 5.97 Å². The van der Waals surface area contributed by atoms with Gasteiger partial charge in [0.2, 0.25) is 0 Å². The second kappa shape index (κ2) is 7.41. The van der Waals surface area contributed by atoms with Gasteiger partial charge in [0, 0.05) is 19.2 Å². The van der Waals surface area contributed by atoms with Crippen LogP contribution >= 0.6 is 0 Å². The molecule has 0 spiro atoms. The maximum atomic E-state index is 11.5. The van der Waals surface area contributed by atoms with E-state index >= 15 is 0 Å². The summed E-state index contributed by atoms with van der Waals surface area (Å²) in [7, 11) is 1.33. The summed E-state index contributed by atoms with van der Waals surface area (Å²) in [6.07, 6.45) is 1.05. The topological polar surface area (TPSA) is 92.9 Å². The smallest absolute Gasteiger partial charge is 0.306 e. The first-order valence-corrected chi connectivity index (χ1v) is 7.74. The first-order chi connectivity index (χ1) is 11.0. The van der Waals surface area contributed by atoms with Crippen molar-refractivity contribution in [2.45, 2.75) is 38.2 Å². The van der Waals surface area contributed by atoms with Crippen LogP contribution in [0.5, 0.6) is 0 Å². The number of ether oxygens (including phenoxy) is 1. The molecule has 1 aromatic carbocycles. The minimum atomic E-state index is -0.447. The van der Waals surface area contributed by atoms with Crippen molar-refractivity contribution in [2.75, 3.05) is 25.1 Å². The van der Waals surface area contributed by atoms with E-state index in [-0.39, 0.29) is 24.0 Å². The van der Waals surface area contributed by atoms with E-state index in [1.54, 1.807) is 6.07 Å². The number of carbonyl (C=O) groups excluding carboxylic acids is 1. The zero-order valence-corrected chi connectivity index (χ0v) is 13.4. The first-order valence-electron chi connectivity index (χ1n) is 7.74. The largest absolute Gasteiger partial charge is 0.469 e. The molecule has 1 aliphatic heterocycles. The van der Waals surface area contributed by atoms with Crippen molar-refractivity contribution < 1.29 is 19.6 Å². The third-order valence-corrected chi connectivity index (χ3v) is 4.31. The van der Waals surface area contributed by atoms with Crippen LogP contribution in [0.1, 0.15) is 37.7 Å². The second-order valence-corrected chi connectivity index (χ2v) is 5.78. The molecule has 0 bridgehead atoms. The number of methoxy groups -OCH3 is 1. The lowest BCUT2D eigenvalue weighted by Gasteiger charge is -2.20. The van der Waals surface area contributed by atoms with Gasteiger partial charge in [-0.2, -0.15) is 0 Å². The molecule has 0 radical (unpaired) electrons. The number of β-amino-alcohol motifs (C(OH)–C–C–N with tert-alkyl or cyclic N) is 1. The van der Waals surface area contributed by atoms with Crippen LogP contribution in [0.4, 0.5) is 11.4 Å². The fraction of sp³-hybridized carbons (Fsp3) is 0.562. The van der Waals surface area contributed by atoms with Gasteiger partial charge in [0.1, 0.15) is 5.69 Å². The molecule has 1 N–H and O–H groups in total. The zero-order valence-electron chi connectivity index (χ0n) is 13.4. The molecule has 1 aliphatic rings. The van der Waals surface area contributed by atoms with Crippen LogP contribution in [0.2, 0.25) is 0 Å². The Morgan fingerprint density at radius 3 is 2.83 bits per heavy atom. The van der Waals surface area contributed by atoms with Gasteiger partial charge in [-0.15, -0.1) is 0 Å². The molecule has 0 saturated carbocycles. The van der Waals surface area contributed by atoms with Crippen LogP contribution in [0.3, 0.4) is 0 Å². The Morgan fingerprint density at radius 2 is 2.30 bits per heavy atom. The van der Waals surface area contributed by atoms with Crippen molar-refractivity contribution in [1.29, 1.82) is 0 Å². The Labute approximate surface area is 135 Å². The van der Waals surface area contributed by atoms with Gasteiger partial charge in [-0.05, 0) is 30.4 Å². The van der Waals surface area contributed by atoms with Crippen LogP contribution in [0.15, 0.2) is 18.2 Å². The van der Waals surface area contributed by atoms with Crippen molar-refractivity contribution in [2.24, 2.45) is 0 Å². The maximum absolute atomic E-state index is 11.5. The Hall–Kier alpha value is -2.15. The van der Waals surface area contributed by atoms with Crippen molar-refractivity contribution in [3.05, 3.63) is 33.9 Å². The Bertz CT molecular complexity index is 590. The number of aliphatic hydroxyl groups is 1. The molecule has 1 aromatic rings. The summed E-state index contributed by atoms with van der Waals surface area (Å²) in [5, 5.41) is 21.1. The molecule has 7 heteroatoms. The third-order valence-electron chi connectivity index (χ3n) is 4.31. The number of hydrogen-bond donors (Lipinski definition) is 1. The van der Waals surface area contributed by atoms with E-state index in [1.807, 2.05) is 17.9 Å². The number of anilines is 1. The minimum Gasteiger partial charge on any atom is -0.469 e. The molecule has 2 atom stereocenters. The number of nitrogens with zero attached hydrogens (tertiary/aromatic N) is 2. The molecule has 0 aliphatic carbocycles. The van der Waals surface area contributed by atoms with Crippen molar-refractivity contribution in [1.82, 2.24) is 0 Å². The van der Waals surface area contributed by atoms with E-state index in [9.17, 15) is 20.0 Å². The lowest BCUT2D eigenvalue weighted by atomic mass is 9.92. The number of carbonyl (C=O) groups is 1. The van der Waals surface area contributed by atoms with Crippen molar-refractivity contribution in [3.8, 4) is 0 Å². The average molecular weight is 322 g/mol. The highest BCUT2D eigenvalue weighted by atomic mass is 16.6. The molecular formula is C16H22N2O5. The lowest BCUT2D eigenvalue weighted by molar-refractivity contribution is -0.384. The fourth-order valence-electron chi connectivity index (χ4n) is 2.95. The molecule has 23 heavy (non-hydrogen) atoms. The van der Waals surface area contributed by atoms with Crippen LogP contribution in [-0.2, 0) is 9.53 Å². The minimum absolute atomic E-state index is 0.0138. The number of nitro groups is 1. The van der Waals surface area contributed by atoms with Gasteiger partial charge < -0.3 is 14.7 Å². The summed E-state index contributed by atoms with van der Waals surface area (Å²) in [5.74, 6) is -0.439. The summed E-state index contributed by atoms with van der Waals surface area (Å²) >= 11 is 0. The molecule has 0 aromatic heterocycles. The summed E-state index contributed by atoms with van der Waals surface area (Å²) < 4.78 is 4.69. The Balaban J connectivity index is 2.31. The van der Waals surface area contributed by atoms with Gasteiger partial charge in [0.05, 0.1) is 24.6 Å². The first kappa shape index (κ1) is 17.2. The quantitative estimate of drug-likeness (QED) is 0.490. The van der Waals surface area contributed by atoms with Crippen LogP contribution in [0.25, 0.3) is 0 Å². The highest BCUT2D eigenvalue weighted by Crippen LogP contribution is 2.35. The molecule has 126 valence electrons. The standard InChI is InChI=1S/C16H22N2O5/c1-3-11(9-16(20)23-2)12-4-5-14(15(8-12)18(21)22)17-7-6-13(19)10-17/h4-5,8,11,13,19H,3,6-7,9-10H2,1-2H3/t11?,13-/m0/s1. The van der Waals surface area contributed by atoms with Crippen molar-refractivity contribution in [3.63, 3.8) is 0 Å². The van der Waals surface area contributed by atoms with E-state index in [0.29, 0.717) is 31.6 Å². The molecule has 0 amide bonds. The normalized spacial score (nSPS) is 18.7. The molecule has 1 saturated heterocycles. The fourth-order valence-corrected chi connectivity index (χ4v) is 2.95. The number of rotatable bonds is 6. The lowest BCUT2D eigenvalue weighted by Crippen LogP contribution is -2.22. The highest BCUT2D eigenvalue weighted by molar-refractivity contribution is 5.71. The van der Waals surface area contributed by atoms with Crippen LogP contribution in [-0.4, -0.2) is 42.3 Å². The Morgan fingerprint density at radius 1 is 1.57 bits per heavy atom. The summed E-state index contributed by atoms with van der Waals surface area (Å²) in [5.41, 5.74) is 1.29. The molecule has 1 heterocycles. The third kappa shape index (κ3) is 3.98. The van der Waals surface area contributed by atoms with E-state index < -0.39 is 11.0 Å². The zero-order chi connectivity index (χ0) is 17.0. The molecular weight excluding hydrogens is 300 g/mol. The van der Waals surface area contributed by atoms with Crippen molar-refractivity contribution >= 4 is 17.3 Å². The van der Waals surface area contributed by atoms with Gasteiger partial charge in [0.15, 0.2) is 0 Å². The maximum Gasteiger partial charge on any atom is 0.306 e. The number of nitro benzene ring substituents is 1. The number of esters is 1. The highest BCUT2D eigenvalue weighted by Gasteiger charge is 2.27. The average Bonchev–Trinajstić information content (AvgIpc) is 2.98. The predicted octanol–water partition coefficient (Wildman–Crippen LogP) is 2.22. The number of hydrogen-bond acceptors (Lipinski definition) is 6. The van der Waals surface area contributed by atoms with Gasteiger partial charge in [-0.1, -0.05) is 13.0 Å². The summed E-state index contributed by atoms with van der Waals surface area (Å²) in [4.78, 5) is 24.3. The van der Waals surface area contributed by atoms with E-state index in [4.69, 9.17) is 0 Å². The van der Waals surface area contributed by atoms with Gasteiger partial charge in [-0.3, -0.25) is 14.9 Å². The van der Waals surface area contributed by atoms with Crippen LogP contribution in [0, 0.1) is 10.1 Å². The molecule has 1 fully saturated rings. The van der Waals surface area contributed by atoms with Gasteiger partial charge in [-0.25, -0.2) is 0 Å². The molecule has 7 nitrogen and oxygen atoms in total. The van der Waals surface area contributed by atoms with E-state index in [0.717, 1.165) is 5.56 Å². The summed E-state index contributed by atoms with van der Waals surface area (Å²) in [6.45, 7) is 2.93.